The molecule has 2 rings (SSSR count). The highest BCUT2D eigenvalue weighted by Crippen LogP contribution is 2.32. The average Bonchev–Trinajstić information content (AvgIpc) is 2.59. The van der Waals surface area contributed by atoms with Gasteiger partial charge in [-0.15, -0.1) is 0 Å². The van der Waals surface area contributed by atoms with E-state index < -0.39 is 6.10 Å². The number of aliphatic hydroxyl groups is 1. The summed E-state index contributed by atoms with van der Waals surface area (Å²) >= 11 is 2.05. The van der Waals surface area contributed by atoms with Crippen LogP contribution in [0.3, 0.4) is 0 Å². The van der Waals surface area contributed by atoms with Crippen molar-refractivity contribution >= 4 is 17.4 Å². The Morgan fingerprint density at radius 1 is 1.42 bits per heavy atom. The third kappa shape index (κ3) is 3.86. The van der Waals surface area contributed by atoms with Gasteiger partial charge in [0.05, 0.1) is 23.7 Å². The second-order valence-corrected chi connectivity index (χ2v) is 7.51. The molecule has 1 aromatic heterocycles. The Bertz CT molecular complexity index is 405. The minimum absolute atomic E-state index is 0.376. The van der Waals surface area contributed by atoms with Gasteiger partial charge in [-0.3, -0.25) is 4.98 Å². The molecular weight excluding hydrogens is 256 g/mol. The van der Waals surface area contributed by atoms with E-state index in [4.69, 9.17) is 0 Å². The molecule has 1 unspecified atom stereocenters. The Balaban J connectivity index is 2.05. The van der Waals surface area contributed by atoms with Crippen molar-refractivity contribution in [3.8, 4) is 0 Å². The van der Waals surface area contributed by atoms with Crippen molar-refractivity contribution in [2.24, 2.45) is 0 Å². The van der Waals surface area contributed by atoms with E-state index in [2.05, 4.69) is 29.8 Å². The SMILES string of the molecule is CCC(O)c1ccc(N2CCSC(C)(C)CC2)cn1. The molecule has 0 bridgehead atoms. The fourth-order valence-electron chi connectivity index (χ4n) is 2.27. The number of rotatable bonds is 3. The van der Waals surface area contributed by atoms with E-state index in [-0.39, 0.29) is 0 Å². The largest absolute Gasteiger partial charge is 0.387 e. The molecule has 0 spiro atoms. The summed E-state index contributed by atoms with van der Waals surface area (Å²) in [5.41, 5.74) is 1.95. The molecule has 19 heavy (non-hydrogen) atoms. The molecule has 1 saturated heterocycles. The average molecular weight is 280 g/mol. The molecule has 1 aliphatic heterocycles. The lowest BCUT2D eigenvalue weighted by Gasteiger charge is -2.24. The zero-order chi connectivity index (χ0) is 13.9. The lowest BCUT2D eigenvalue weighted by atomic mass is 10.1. The summed E-state index contributed by atoms with van der Waals surface area (Å²) in [5, 5.41) is 9.76. The van der Waals surface area contributed by atoms with Crippen LogP contribution < -0.4 is 4.90 Å². The number of nitrogens with zero attached hydrogens (tertiary/aromatic N) is 2. The van der Waals surface area contributed by atoms with Crippen molar-refractivity contribution < 1.29 is 5.11 Å². The standard InChI is InChI=1S/C15H24N2OS/c1-4-14(18)13-6-5-12(11-16-13)17-8-7-15(2,3)19-10-9-17/h5-6,11,14,18H,4,7-10H2,1-3H3. The molecule has 0 amide bonds. The van der Waals surface area contributed by atoms with Crippen molar-refractivity contribution in [3.05, 3.63) is 24.0 Å². The Morgan fingerprint density at radius 2 is 2.21 bits per heavy atom. The molecule has 106 valence electrons. The molecule has 0 saturated carbocycles. The number of pyridine rings is 1. The van der Waals surface area contributed by atoms with Gasteiger partial charge in [-0.1, -0.05) is 20.8 Å². The summed E-state index contributed by atoms with van der Waals surface area (Å²) in [6.07, 6.45) is 3.36. The van der Waals surface area contributed by atoms with Crippen molar-refractivity contribution in [2.45, 2.75) is 44.5 Å². The molecule has 1 atom stereocenters. The third-order valence-electron chi connectivity index (χ3n) is 3.70. The summed E-state index contributed by atoms with van der Waals surface area (Å²) in [4.78, 5) is 6.79. The molecule has 1 fully saturated rings. The van der Waals surface area contributed by atoms with Crippen LogP contribution >= 0.6 is 11.8 Å². The Labute approximate surface area is 120 Å². The number of thioether (sulfide) groups is 1. The van der Waals surface area contributed by atoms with Crippen LogP contribution in [0.5, 0.6) is 0 Å². The van der Waals surface area contributed by atoms with Gasteiger partial charge in [0, 0.05) is 23.6 Å². The second-order valence-electron chi connectivity index (χ2n) is 5.71. The van der Waals surface area contributed by atoms with Crippen LogP contribution in [0.15, 0.2) is 18.3 Å². The number of aromatic nitrogens is 1. The molecule has 3 nitrogen and oxygen atoms in total. The van der Waals surface area contributed by atoms with Crippen LogP contribution in [0, 0.1) is 0 Å². The maximum Gasteiger partial charge on any atom is 0.0957 e. The predicted molar refractivity (Wildman–Crippen MR) is 82.9 cm³/mol. The van der Waals surface area contributed by atoms with E-state index in [1.807, 2.05) is 30.9 Å². The molecule has 0 aliphatic carbocycles. The molecule has 1 N–H and O–H groups in total. The van der Waals surface area contributed by atoms with E-state index in [0.717, 1.165) is 24.5 Å². The molecule has 0 radical (unpaired) electrons. The van der Waals surface area contributed by atoms with Gasteiger partial charge in [0.2, 0.25) is 0 Å². The summed E-state index contributed by atoms with van der Waals surface area (Å²) in [5.74, 6) is 1.16. The highest BCUT2D eigenvalue weighted by molar-refractivity contribution is 8.00. The monoisotopic (exact) mass is 280 g/mol. The van der Waals surface area contributed by atoms with Crippen LogP contribution in [0.1, 0.15) is 45.4 Å². The number of anilines is 1. The summed E-state index contributed by atoms with van der Waals surface area (Å²) in [6.45, 7) is 8.76. The molecule has 0 aromatic carbocycles. The first kappa shape index (κ1) is 14.7. The molecule has 4 heteroatoms. The fourth-order valence-corrected chi connectivity index (χ4v) is 3.37. The van der Waals surface area contributed by atoms with Gasteiger partial charge in [-0.05, 0) is 25.0 Å². The van der Waals surface area contributed by atoms with Gasteiger partial charge in [-0.25, -0.2) is 0 Å². The van der Waals surface area contributed by atoms with Crippen LogP contribution in [-0.4, -0.2) is 33.7 Å². The first-order valence-corrected chi connectivity index (χ1v) is 8.03. The van der Waals surface area contributed by atoms with Crippen LogP contribution in [-0.2, 0) is 0 Å². The van der Waals surface area contributed by atoms with Crippen molar-refractivity contribution in [1.29, 1.82) is 0 Å². The zero-order valence-electron chi connectivity index (χ0n) is 12.1. The summed E-state index contributed by atoms with van der Waals surface area (Å²) in [6, 6.07) is 4.04. The number of hydrogen-bond donors (Lipinski definition) is 1. The van der Waals surface area contributed by atoms with Gasteiger partial charge in [0.25, 0.3) is 0 Å². The highest BCUT2D eigenvalue weighted by atomic mass is 32.2. The van der Waals surface area contributed by atoms with E-state index in [0.29, 0.717) is 11.2 Å². The quantitative estimate of drug-likeness (QED) is 0.922. The zero-order valence-corrected chi connectivity index (χ0v) is 12.9. The normalized spacial score (nSPS) is 20.9. The summed E-state index contributed by atoms with van der Waals surface area (Å²) < 4.78 is 0.376. The maximum atomic E-state index is 9.76. The minimum atomic E-state index is -0.437. The smallest absolute Gasteiger partial charge is 0.0957 e. The van der Waals surface area contributed by atoms with Crippen molar-refractivity contribution in [1.82, 2.24) is 4.98 Å². The van der Waals surface area contributed by atoms with Crippen LogP contribution in [0.4, 0.5) is 5.69 Å². The molecule has 1 aromatic rings. The van der Waals surface area contributed by atoms with E-state index in [1.165, 1.54) is 12.1 Å². The van der Waals surface area contributed by atoms with Gasteiger partial charge < -0.3 is 10.0 Å². The third-order valence-corrected chi connectivity index (χ3v) is 5.07. The first-order valence-electron chi connectivity index (χ1n) is 7.05. The molecular formula is C15H24N2OS. The van der Waals surface area contributed by atoms with Gasteiger partial charge in [0.15, 0.2) is 0 Å². The Hall–Kier alpha value is -0.740. The lowest BCUT2D eigenvalue weighted by molar-refractivity contribution is 0.169. The first-order chi connectivity index (χ1) is 9.02. The van der Waals surface area contributed by atoms with Gasteiger partial charge >= 0.3 is 0 Å². The van der Waals surface area contributed by atoms with Crippen LogP contribution in [0.2, 0.25) is 0 Å². The lowest BCUT2D eigenvalue weighted by Crippen LogP contribution is -2.27. The Morgan fingerprint density at radius 3 is 2.84 bits per heavy atom. The number of aliphatic hydroxyl groups excluding tert-OH is 1. The van der Waals surface area contributed by atoms with Gasteiger partial charge in [0.1, 0.15) is 0 Å². The molecule has 1 aliphatic rings. The predicted octanol–water partition coefficient (Wildman–Crippen LogP) is 3.25. The number of hydrogen-bond acceptors (Lipinski definition) is 4. The molecule has 2 heterocycles. The topological polar surface area (TPSA) is 36.4 Å². The van der Waals surface area contributed by atoms with E-state index in [9.17, 15) is 5.11 Å². The highest BCUT2D eigenvalue weighted by Gasteiger charge is 2.23. The Kier molecular flexibility index (Phi) is 4.74. The maximum absolute atomic E-state index is 9.76. The fraction of sp³-hybridized carbons (Fsp3) is 0.667. The van der Waals surface area contributed by atoms with E-state index >= 15 is 0 Å². The van der Waals surface area contributed by atoms with E-state index in [1.54, 1.807) is 0 Å². The van der Waals surface area contributed by atoms with Gasteiger partial charge in [-0.2, -0.15) is 11.8 Å². The minimum Gasteiger partial charge on any atom is -0.387 e. The van der Waals surface area contributed by atoms with Crippen LogP contribution in [0.25, 0.3) is 0 Å². The van der Waals surface area contributed by atoms with Crippen molar-refractivity contribution in [2.75, 3.05) is 23.7 Å². The summed E-state index contributed by atoms with van der Waals surface area (Å²) in [7, 11) is 0. The second kappa shape index (κ2) is 6.14. The van der Waals surface area contributed by atoms with Crippen molar-refractivity contribution in [3.63, 3.8) is 0 Å².